The molecule has 2 fully saturated rings. The Labute approximate surface area is 225 Å². The topological polar surface area (TPSA) is 71.5 Å². The zero-order valence-electron chi connectivity index (χ0n) is 20.0. The van der Waals surface area contributed by atoms with Gasteiger partial charge < -0.3 is 0 Å². The second-order valence-electron chi connectivity index (χ2n) is 10.2. The minimum atomic E-state index is -0.409. The quantitative estimate of drug-likeness (QED) is 0.281. The van der Waals surface area contributed by atoms with E-state index < -0.39 is 5.82 Å². The van der Waals surface area contributed by atoms with Crippen LogP contribution in [-0.4, -0.2) is 81.7 Å². The number of aromatic nitrogens is 3. The van der Waals surface area contributed by atoms with Gasteiger partial charge in [0.15, 0.2) is 0 Å². The van der Waals surface area contributed by atoms with Crippen molar-refractivity contribution in [2.45, 2.75) is 38.3 Å². The Balaban J connectivity index is 1.09. The molecule has 1 saturated carbocycles. The molecule has 0 N–H and O–H groups in total. The molecule has 1 aromatic carbocycles. The number of carbonyl (C=O) groups excluding carboxylic acids is 1. The average Bonchev–Trinajstić information content (AvgIpc) is 2.86. The van der Waals surface area contributed by atoms with Crippen molar-refractivity contribution in [3.63, 3.8) is 0 Å². The summed E-state index contributed by atoms with van der Waals surface area (Å²) < 4.78 is 21.2. The summed E-state index contributed by atoms with van der Waals surface area (Å²) in [4.78, 5) is 29.6. The third-order valence-corrected chi connectivity index (χ3v) is 9.46. The molecule has 1 saturated heterocycles. The molecule has 3 aromatic rings. The van der Waals surface area contributed by atoms with Gasteiger partial charge in [0.05, 0.1) is 0 Å². The SMILES string of the molecule is O=Cc1cc(F)ccc1Cc1cncnc1N1CC2(CC(Oc3ccnc4c3CN([CH2][Pb])CC4)C2)C1. The number of benzene rings is 1. The summed E-state index contributed by atoms with van der Waals surface area (Å²) in [5, 5.41) is 0. The molecule has 0 bridgehead atoms. The van der Waals surface area contributed by atoms with Crippen LogP contribution in [0.15, 0.2) is 43.0 Å². The van der Waals surface area contributed by atoms with Crippen LogP contribution in [0.2, 0.25) is 0 Å². The zero-order valence-corrected chi connectivity index (χ0v) is 23.9. The Bertz CT molecular complexity index is 1290. The number of anilines is 1. The number of ether oxygens (including phenoxy) is 1. The number of nitrogens with zero attached hydrogens (tertiary/aromatic N) is 5. The van der Waals surface area contributed by atoms with Crippen molar-refractivity contribution < 1.29 is 13.9 Å². The summed E-state index contributed by atoms with van der Waals surface area (Å²) in [5.74, 6) is 1.50. The van der Waals surface area contributed by atoms with Crippen LogP contribution in [-0.2, 0) is 19.4 Å². The first kappa shape index (κ1) is 23.9. The molecule has 6 rings (SSSR count). The molecule has 3 aliphatic rings. The van der Waals surface area contributed by atoms with Crippen LogP contribution < -0.4 is 9.64 Å². The summed E-state index contributed by atoms with van der Waals surface area (Å²) in [7, 11) is 0. The van der Waals surface area contributed by atoms with Gasteiger partial charge in [-0.25, -0.2) is 14.4 Å². The van der Waals surface area contributed by atoms with E-state index in [-0.39, 0.29) is 11.5 Å². The van der Waals surface area contributed by atoms with Gasteiger partial charge >= 0.3 is 141 Å². The molecule has 3 radical (unpaired) electrons. The number of halogens is 1. The Morgan fingerprint density at radius 1 is 1.19 bits per heavy atom. The van der Waals surface area contributed by atoms with Gasteiger partial charge in [0.25, 0.3) is 0 Å². The molecule has 9 heteroatoms. The fraction of sp³-hybridized carbons (Fsp3) is 0.407. The van der Waals surface area contributed by atoms with Crippen LogP contribution in [0.25, 0.3) is 0 Å². The van der Waals surface area contributed by atoms with Crippen molar-refractivity contribution in [1.82, 2.24) is 19.9 Å². The Morgan fingerprint density at radius 3 is 2.86 bits per heavy atom. The van der Waals surface area contributed by atoms with Crippen LogP contribution in [0.4, 0.5) is 10.2 Å². The Hall–Kier alpha value is -2.47. The maximum absolute atomic E-state index is 13.6. The van der Waals surface area contributed by atoms with Crippen LogP contribution in [0.5, 0.6) is 5.75 Å². The molecular weight excluding hydrogens is 653 g/mol. The van der Waals surface area contributed by atoms with Crippen molar-refractivity contribution in [1.29, 1.82) is 0 Å². The van der Waals surface area contributed by atoms with Crippen LogP contribution in [0.1, 0.15) is 45.6 Å². The molecule has 0 amide bonds. The van der Waals surface area contributed by atoms with Crippen molar-refractivity contribution in [3.8, 4) is 5.75 Å². The van der Waals surface area contributed by atoms with Crippen LogP contribution in [0.3, 0.4) is 0 Å². The summed E-state index contributed by atoms with van der Waals surface area (Å²) in [6, 6.07) is 6.37. The molecule has 2 aromatic heterocycles. The number of fused-ring (bicyclic) bond motifs is 1. The van der Waals surface area contributed by atoms with Gasteiger partial charge in [0.1, 0.15) is 18.4 Å². The van der Waals surface area contributed by atoms with Crippen molar-refractivity contribution in [2.75, 3.05) is 28.6 Å². The van der Waals surface area contributed by atoms with E-state index in [0.717, 1.165) is 68.1 Å². The van der Waals surface area contributed by atoms with Gasteiger partial charge in [-0.3, -0.25) is 4.79 Å². The van der Waals surface area contributed by atoms with E-state index in [0.29, 0.717) is 18.3 Å². The van der Waals surface area contributed by atoms with Gasteiger partial charge in [-0.15, -0.1) is 0 Å². The fourth-order valence-corrected chi connectivity index (χ4v) is 6.91. The van der Waals surface area contributed by atoms with E-state index in [1.165, 1.54) is 53.3 Å². The number of pyridine rings is 1. The normalized spacial score (nSPS) is 18.9. The fourth-order valence-electron chi connectivity index (χ4n) is 5.86. The van der Waals surface area contributed by atoms with E-state index in [2.05, 4.69) is 24.8 Å². The molecule has 2 aliphatic heterocycles. The standard InChI is InChI=1S/C27H27FN5O2.Pb/c1-32-7-5-24-23(13-32)25(4-6-30-24)35-22-10-27(11-22)15-33(16-27)26-19(12-29-17-31-26)8-18-2-3-21(28)9-20(18)14-34;/h2-4,6,9,12,14,17,22H,1,5,7-8,10-11,13,15-16H2;. The van der Waals surface area contributed by atoms with E-state index in [9.17, 15) is 9.18 Å². The van der Waals surface area contributed by atoms with Gasteiger partial charge in [-0.2, -0.15) is 0 Å². The van der Waals surface area contributed by atoms with E-state index in [1.54, 1.807) is 18.6 Å². The van der Waals surface area contributed by atoms with E-state index in [1.807, 2.05) is 12.3 Å². The minimum absolute atomic E-state index is 0.240. The summed E-state index contributed by atoms with van der Waals surface area (Å²) in [6.45, 7) is 3.91. The van der Waals surface area contributed by atoms with Crippen molar-refractivity contribution >= 4 is 37.9 Å². The van der Waals surface area contributed by atoms with E-state index in [4.69, 9.17) is 4.74 Å². The number of carbonyl (C=O) groups is 1. The number of hydrogen-bond acceptors (Lipinski definition) is 7. The number of aldehydes is 1. The first-order chi connectivity index (χ1) is 17.6. The molecule has 7 nitrogen and oxygen atoms in total. The molecule has 183 valence electrons. The monoisotopic (exact) mass is 680 g/mol. The van der Waals surface area contributed by atoms with Crippen molar-refractivity contribution in [2.24, 2.45) is 5.41 Å². The first-order valence-electron chi connectivity index (χ1n) is 12.3. The van der Waals surface area contributed by atoms with Crippen LogP contribution in [0, 0.1) is 11.2 Å². The molecular formula is C27H27FN5O2Pb. The van der Waals surface area contributed by atoms with E-state index >= 15 is 0 Å². The third-order valence-electron chi connectivity index (χ3n) is 7.72. The molecule has 1 spiro atoms. The second-order valence-corrected chi connectivity index (χ2v) is 11.4. The van der Waals surface area contributed by atoms with Gasteiger partial charge in [-0.05, 0) is 17.7 Å². The Morgan fingerprint density at radius 2 is 2.06 bits per heavy atom. The average molecular weight is 680 g/mol. The first-order valence-corrected chi connectivity index (χ1v) is 15.1. The van der Waals surface area contributed by atoms with Gasteiger partial charge in [-0.1, -0.05) is 6.07 Å². The van der Waals surface area contributed by atoms with Crippen LogP contribution >= 0.6 is 0 Å². The van der Waals surface area contributed by atoms with Gasteiger partial charge in [0, 0.05) is 23.7 Å². The summed E-state index contributed by atoms with van der Waals surface area (Å²) in [6.07, 6.45) is 9.77. The molecule has 1 aliphatic carbocycles. The molecule has 4 heterocycles. The third kappa shape index (κ3) is 4.53. The molecule has 0 unspecified atom stereocenters. The van der Waals surface area contributed by atoms with Gasteiger partial charge in [0.2, 0.25) is 0 Å². The van der Waals surface area contributed by atoms with Crippen molar-refractivity contribution in [3.05, 3.63) is 76.8 Å². The predicted octanol–water partition coefficient (Wildman–Crippen LogP) is 2.95. The zero-order chi connectivity index (χ0) is 24.7. The number of hydrogen-bond donors (Lipinski definition) is 0. The summed E-state index contributed by atoms with van der Waals surface area (Å²) in [5.41, 5.74) is 4.83. The Kier molecular flexibility index (Phi) is 6.49. The maximum atomic E-state index is 13.6. The molecule has 36 heavy (non-hydrogen) atoms. The molecule has 0 atom stereocenters. The second kappa shape index (κ2) is 9.77. The number of rotatable bonds is 7. The predicted molar refractivity (Wildman–Crippen MR) is 134 cm³/mol. The summed E-state index contributed by atoms with van der Waals surface area (Å²) >= 11 is 1.18.